The van der Waals surface area contributed by atoms with Crippen LogP contribution in [-0.4, -0.2) is 49.7 Å². The van der Waals surface area contributed by atoms with Crippen molar-refractivity contribution in [1.29, 1.82) is 0 Å². The van der Waals surface area contributed by atoms with Crippen LogP contribution in [0.1, 0.15) is 20.3 Å². The second kappa shape index (κ2) is 10.4. The Morgan fingerprint density at radius 2 is 1.81 bits per heavy atom. The summed E-state index contributed by atoms with van der Waals surface area (Å²) in [5.41, 5.74) is 3.95. The normalized spacial score (nSPS) is 11.4. The number of imidazole rings is 1. The number of thiazole rings is 1. The van der Waals surface area contributed by atoms with E-state index in [1.54, 1.807) is 6.92 Å². The average molecular weight is 539 g/mol. The van der Waals surface area contributed by atoms with E-state index in [1.165, 1.54) is 23.1 Å². The van der Waals surface area contributed by atoms with Crippen molar-refractivity contribution in [2.45, 2.75) is 25.4 Å². The average Bonchev–Trinajstić information content (AvgIpc) is 3.41. The number of fused-ring (bicyclic) bond motifs is 5. The van der Waals surface area contributed by atoms with Crippen molar-refractivity contribution in [2.24, 2.45) is 0 Å². The molecule has 0 unspecified atom stereocenters. The first-order valence-electron chi connectivity index (χ1n) is 11.4. The molecule has 8 nitrogen and oxygen atoms in total. The van der Waals surface area contributed by atoms with Crippen molar-refractivity contribution in [1.82, 2.24) is 18.9 Å². The van der Waals surface area contributed by atoms with Crippen molar-refractivity contribution in [3.8, 4) is 11.4 Å². The predicted molar refractivity (Wildman–Crippen MR) is 144 cm³/mol. The molecule has 184 valence electrons. The standard InChI is InChI=1S/C25H22N4O4S3/c1-3-32-17-11-9-15(10-12-17)28-23-21(36-25(28)34)22-26-18-7-5-6-8-19(18)29(22)24(27-23)35-14-16(30)13-20(31)33-4-2/h5-12H,3-4,13-14H2,1-2H3. The highest BCUT2D eigenvalue weighted by atomic mass is 32.2. The summed E-state index contributed by atoms with van der Waals surface area (Å²) in [5.74, 6) is 0.101. The molecule has 0 fully saturated rings. The van der Waals surface area contributed by atoms with Crippen molar-refractivity contribution >= 4 is 74.1 Å². The smallest absolute Gasteiger partial charge is 0.313 e. The predicted octanol–water partition coefficient (Wildman–Crippen LogP) is 5.63. The zero-order valence-corrected chi connectivity index (χ0v) is 22.0. The van der Waals surface area contributed by atoms with E-state index in [0.29, 0.717) is 21.4 Å². The number of Topliss-reactive ketones (excluding diaryl/α,β-unsaturated/α-hetero) is 1. The third-order valence-corrected chi connectivity index (χ3v) is 7.72. The zero-order chi connectivity index (χ0) is 25.2. The minimum atomic E-state index is -0.522. The molecule has 0 spiro atoms. The Morgan fingerprint density at radius 1 is 1.03 bits per heavy atom. The molecule has 2 aromatic carbocycles. The molecule has 0 saturated carbocycles. The maximum absolute atomic E-state index is 12.5. The van der Waals surface area contributed by atoms with Crippen molar-refractivity contribution < 1.29 is 19.1 Å². The molecule has 0 aliphatic rings. The summed E-state index contributed by atoms with van der Waals surface area (Å²) in [7, 11) is 0. The number of carbonyl (C=O) groups excluding carboxylic acids is 2. The Labute approximate surface area is 219 Å². The van der Waals surface area contributed by atoms with Crippen LogP contribution in [0.25, 0.3) is 32.7 Å². The van der Waals surface area contributed by atoms with E-state index < -0.39 is 5.97 Å². The van der Waals surface area contributed by atoms with Gasteiger partial charge in [-0.3, -0.25) is 18.6 Å². The van der Waals surface area contributed by atoms with Crippen LogP contribution in [0.2, 0.25) is 0 Å². The summed E-state index contributed by atoms with van der Waals surface area (Å²) in [6.45, 7) is 4.48. The van der Waals surface area contributed by atoms with Gasteiger partial charge in [-0.1, -0.05) is 35.2 Å². The van der Waals surface area contributed by atoms with Crippen LogP contribution in [0.3, 0.4) is 0 Å². The number of rotatable bonds is 9. The molecule has 0 aliphatic carbocycles. The summed E-state index contributed by atoms with van der Waals surface area (Å²) < 4.78 is 15.8. The number of hydrogen-bond acceptors (Lipinski definition) is 9. The monoisotopic (exact) mass is 538 g/mol. The topological polar surface area (TPSA) is 87.7 Å². The van der Waals surface area contributed by atoms with Gasteiger partial charge in [0.1, 0.15) is 16.9 Å². The summed E-state index contributed by atoms with van der Waals surface area (Å²) >= 11 is 8.45. The third-order valence-electron chi connectivity index (χ3n) is 5.36. The van der Waals surface area contributed by atoms with E-state index in [9.17, 15) is 9.59 Å². The molecule has 11 heteroatoms. The lowest BCUT2D eigenvalue weighted by atomic mass is 10.3. The molecular formula is C25H22N4O4S3. The van der Waals surface area contributed by atoms with Crippen LogP contribution < -0.4 is 4.74 Å². The molecular weight excluding hydrogens is 517 g/mol. The molecule has 0 N–H and O–H groups in total. The Hall–Kier alpha value is -3.28. The van der Waals surface area contributed by atoms with E-state index >= 15 is 0 Å². The molecule has 0 amide bonds. The Balaban J connectivity index is 1.63. The number of esters is 1. The minimum absolute atomic E-state index is 0.0762. The summed E-state index contributed by atoms with van der Waals surface area (Å²) in [5, 5.41) is 0.593. The summed E-state index contributed by atoms with van der Waals surface area (Å²) in [6, 6.07) is 15.5. The van der Waals surface area contributed by atoms with Crippen molar-refractivity contribution in [3.63, 3.8) is 0 Å². The first-order valence-corrected chi connectivity index (χ1v) is 13.6. The summed E-state index contributed by atoms with van der Waals surface area (Å²) in [4.78, 5) is 34.1. The number of ketones is 1. The molecule has 0 radical (unpaired) electrons. The fourth-order valence-corrected chi connectivity index (χ4v) is 6.09. The Kier molecular flexibility index (Phi) is 7.04. The number of benzene rings is 2. The number of ether oxygens (including phenoxy) is 2. The van der Waals surface area contributed by atoms with Gasteiger partial charge in [0.05, 0.1) is 30.0 Å². The van der Waals surface area contributed by atoms with E-state index in [-0.39, 0.29) is 24.6 Å². The number of hydrogen-bond donors (Lipinski definition) is 0. The number of aromatic nitrogens is 4. The van der Waals surface area contributed by atoms with Gasteiger partial charge in [0.2, 0.25) is 0 Å². The van der Waals surface area contributed by atoms with Gasteiger partial charge in [-0.25, -0.2) is 9.97 Å². The van der Waals surface area contributed by atoms with Gasteiger partial charge in [-0.05, 0) is 62.5 Å². The molecule has 36 heavy (non-hydrogen) atoms. The van der Waals surface area contributed by atoms with Gasteiger partial charge >= 0.3 is 5.97 Å². The SMILES string of the molecule is CCOC(=O)CC(=O)CSc1nc2c(sc(=S)n2-c2ccc(OCC)cc2)c2nc3ccccc3n12. The fourth-order valence-electron chi connectivity index (χ4n) is 3.88. The molecule has 0 aliphatic heterocycles. The number of thioether (sulfide) groups is 1. The minimum Gasteiger partial charge on any atom is -0.494 e. The molecule has 3 aromatic heterocycles. The van der Waals surface area contributed by atoms with E-state index in [0.717, 1.165) is 32.8 Å². The maximum atomic E-state index is 12.5. The van der Waals surface area contributed by atoms with E-state index in [4.69, 9.17) is 31.7 Å². The van der Waals surface area contributed by atoms with Crippen LogP contribution >= 0.6 is 35.3 Å². The van der Waals surface area contributed by atoms with Crippen LogP contribution in [0.15, 0.2) is 53.7 Å². The van der Waals surface area contributed by atoms with E-state index in [2.05, 4.69) is 0 Å². The van der Waals surface area contributed by atoms with Gasteiger partial charge in [-0.15, -0.1) is 0 Å². The van der Waals surface area contributed by atoms with Crippen LogP contribution in [0.5, 0.6) is 5.75 Å². The highest BCUT2D eigenvalue weighted by Gasteiger charge is 2.20. The first-order chi connectivity index (χ1) is 17.5. The lowest BCUT2D eigenvalue weighted by Gasteiger charge is -2.09. The van der Waals surface area contributed by atoms with Crippen LogP contribution in [-0.2, 0) is 14.3 Å². The van der Waals surface area contributed by atoms with Crippen LogP contribution in [0.4, 0.5) is 0 Å². The highest BCUT2D eigenvalue weighted by Crippen LogP contribution is 2.34. The molecule has 0 atom stereocenters. The quantitative estimate of drug-likeness (QED) is 0.0785. The van der Waals surface area contributed by atoms with E-state index in [1.807, 2.05) is 64.4 Å². The largest absolute Gasteiger partial charge is 0.494 e. The molecule has 5 rings (SSSR count). The molecule has 0 saturated heterocycles. The lowest BCUT2D eigenvalue weighted by molar-refractivity contribution is -0.145. The highest BCUT2D eigenvalue weighted by molar-refractivity contribution is 7.99. The lowest BCUT2D eigenvalue weighted by Crippen LogP contribution is -2.13. The number of carbonyl (C=O) groups is 2. The third kappa shape index (κ3) is 4.61. The van der Waals surface area contributed by atoms with Gasteiger partial charge < -0.3 is 9.47 Å². The van der Waals surface area contributed by atoms with Gasteiger partial charge in [0.15, 0.2) is 26.2 Å². The van der Waals surface area contributed by atoms with Crippen LogP contribution in [0, 0.1) is 3.95 Å². The van der Waals surface area contributed by atoms with Gasteiger partial charge in [0.25, 0.3) is 0 Å². The van der Waals surface area contributed by atoms with Gasteiger partial charge in [0, 0.05) is 5.69 Å². The maximum Gasteiger partial charge on any atom is 0.313 e. The Morgan fingerprint density at radius 3 is 2.56 bits per heavy atom. The second-order valence-corrected chi connectivity index (χ2v) is 10.3. The second-order valence-electron chi connectivity index (χ2n) is 7.75. The molecule has 0 bridgehead atoms. The first kappa shape index (κ1) is 24.4. The number of nitrogens with zero attached hydrogens (tertiary/aromatic N) is 4. The van der Waals surface area contributed by atoms with Crippen molar-refractivity contribution in [2.75, 3.05) is 19.0 Å². The van der Waals surface area contributed by atoms with Crippen molar-refractivity contribution in [3.05, 3.63) is 52.5 Å². The fraction of sp³-hybridized carbons (Fsp3) is 0.240. The number of para-hydroxylation sites is 2. The summed E-state index contributed by atoms with van der Waals surface area (Å²) in [6.07, 6.45) is -0.266. The molecule has 5 aromatic rings. The Bertz CT molecular complexity index is 1650. The zero-order valence-electron chi connectivity index (χ0n) is 19.6. The van der Waals surface area contributed by atoms with Gasteiger partial charge in [-0.2, -0.15) is 0 Å². The molecule has 3 heterocycles.